The standard InChI is InChI=1S/C12H24N2O2/c1-14(7-8-16-2)12(15)9-10-3-5-11(13)6-4-10/h10-11H,3-9,13H2,1-2H3. The average molecular weight is 228 g/mol. The van der Waals surface area contributed by atoms with Gasteiger partial charge in [-0.2, -0.15) is 0 Å². The Kier molecular flexibility index (Phi) is 5.77. The molecular formula is C12H24N2O2. The number of nitrogens with two attached hydrogens (primary N) is 1. The van der Waals surface area contributed by atoms with Crippen LogP contribution in [0.15, 0.2) is 0 Å². The van der Waals surface area contributed by atoms with E-state index in [0.717, 1.165) is 25.7 Å². The van der Waals surface area contributed by atoms with Gasteiger partial charge >= 0.3 is 0 Å². The molecule has 0 bridgehead atoms. The van der Waals surface area contributed by atoms with Gasteiger partial charge in [-0.15, -0.1) is 0 Å². The summed E-state index contributed by atoms with van der Waals surface area (Å²) in [5, 5.41) is 0. The summed E-state index contributed by atoms with van der Waals surface area (Å²) in [6, 6.07) is 0.359. The summed E-state index contributed by atoms with van der Waals surface area (Å²) in [6.45, 7) is 1.29. The minimum Gasteiger partial charge on any atom is -0.383 e. The van der Waals surface area contributed by atoms with Crippen molar-refractivity contribution in [2.45, 2.75) is 38.1 Å². The van der Waals surface area contributed by atoms with E-state index in [1.165, 1.54) is 0 Å². The van der Waals surface area contributed by atoms with Gasteiger partial charge in [0.2, 0.25) is 5.91 Å². The minimum atomic E-state index is 0.234. The molecule has 0 heterocycles. The van der Waals surface area contributed by atoms with Gasteiger partial charge in [-0.05, 0) is 31.6 Å². The first-order valence-electron chi connectivity index (χ1n) is 6.12. The highest BCUT2D eigenvalue weighted by Crippen LogP contribution is 2.26. The Morgan fingerprint density at radius 1 is 1.38 bits per heavy atom. The van der Waals surface area contributed by atoms with Crippen molar-refractivity contribution in [3.05, 3.63) is 0 Å². The Morgan fingerprint density at radius 2 is 2.00 bits per heavy atom. The Bertz CT molecular complexity index is 213. The van der Waals surface area contributed by atoms with E-state index < -0.39 is 0 Å². The third kappa shape index (κ3) is 4.49. The van der Waals surface area contributed by atoms with E-state index in [-0.39, 0.29) is 5.91 Å². The van der Waals surface area contributed by atoms with Crippen molar-refractivity contribution in [2.75, 3.05) is 27.3 Å². The van der Waals surface area contributed by atoms with Crippen molar-refractivity contribution in [3.63, 3.8) is 0 Å². The molecule has 4 nitrogen and oxygen atoms in total. The topological polar surface area (TPSA) is 55.6 Å². The second-order valence-corrected chi connectivity index (χ2v) is 4.79. The van der Waals surface area contributed by atoms with Gasteiger partial charge in [-0.1, -0.05) is 0 Å². The fourth-order valence-electron chi connectivity index (χ4n) is 2.15. The summed E-state index contributed by atoms with van der Waals surface area (Å²) >= 11 is 0. The van der Waals surface area contributed by atoms with Gasteiger partial charge in [-0.3, -0.25) is 4.79 Å². The molecule has 0 radical (unpaired) electrons. The monoisotopic (exact) mass is 228 g/mol. The highest BCUT2D eigenvalue weighted by Gasteiger charge is 2.22. The maximum Gasteiger partial charge on any atom is 0.222 e. The van der Waals surface area contributed by atoms with Crippen LogP contribution in [0.2, 0.25) is 0 Å². The molecule has 0 atom stereocenters. The van der Waals surface area contributed by atoms with E-state index in [2.05, 4.69) is 0 Å². The van der Waals surface area contributed by atoms with Crippen molar-refractivity contribution in [1.82, 2.24) is 4.90 Å². The highest BCUT2D eigenvalue weighted by molar-refractivity contribution is 5.76. The Balaban J connectivity index is 2.22. The quantitative estimate of drug-likeness (QED) is 0.763. The lowest BCUT2D eigenvalue weighted by molar-refractivity contribution is -0.131. The number of ether oxygens (including phenoxy) is 1. The van der Waals surface area contributed by atoms with Gasteiger partial charge < -0.3 is 15.4 Å². The van der Waals surface area contributed by atoms with E-state index in [0.29, 0.717) is 31.5 Å². The molecule has 16 heavy (non-hydrogen) atoms. The van der Waals surface area contributed by atoms with E-state index in [1.54, 1.807) is 12.0 Å². The molecule has 1 amide bonds. The zero-order valence-corrected chi connectivity index (χ0v) is 10.4. The van der Waals surface area contributed by atoms with Crippen molar-refractivity contribution in [3.8, 4) is 0 Å². The predicted octanol–water partition coefficient (Wildman–Crippen LogP) is 0.999. The fourth-order valence-corrected chi connectivity index (χ4v) is 2.15. The molecule has 1 fully saturated rings. The molecule has 2 N–H and O–H groups in total. The first kappa shape index (κ1) is 13.5. The van der Waals surface area contributed by atoms with Gasteiger partial charge in [0.05, 0.1) is 6.61 Å². The molecule has 0 unspecified atom stereocenters. The number of carbonyl (C=O) groups is 1. The molecule has 0 aliphatic heterocycles. The van der Waals surface area contributed by atoms with Crippen LogP contribution in [0.5, 0.6) is 0 Å². The van der Waals surface area contributed by atoms with Crippen LogP contribution in [0, 0.1) is 5.92 Å². The molecule has 0 saturated heterocycles. The SMILES string of the molecule is COCCN(C)C(=O)CC1CCC(N)CC1. The van der Waals surface area contributed by atoms with Gasteiger partial charge in [0.25, 0.3) is 0 Å². The molecule has 1 rings (SSSR count). The van der Waals surface area contributed by atoms with Crippen LogP contribution < -0.4 is 5.73 Å². The fraction of sp³-hybridized carbons (Fsp3) is 0.917. The van der Waals surface area contributed by atoms with Crippen molar-refractivity contribution < 1.29 is 9.53 Å². The lowest BCUT2D eigenvalue weighted by atomic mass is 9.84. The van der Waals surface area contributed by atoms with Gasteiger partial charge in [0.1, 0.15) is 0 Å². The summed E-state index contributed by atoms with van der Waals surface area (Å²) in [4.78, 5) is 13.6. The number of amides is 1. The number of rotatable bonds is 5. The van der Waals surface area contributed by atoms with E-state index in [4.69, 9.17) is 10.5 Å². The van der Waals surface area contributed by atoms with Crippen LogP contribution in [0.1, 0.15) is 32.1 Å². The van der Waals surface area contributed by atoms with Crippen LogP contribution in [-0.4, -0.2) is 44.2 Å². The molecule has 4 heteroatoms. The van der Waals surface area contributed by atoms with E-state index in [9.17, 15) is 4.79 Å². The summed E-state index contributed by atoms with van der Waals surface area (Å²) in [5.41, 5.74) is 5.84. The summed E-state index contributed by atoms with van der Waals surface area (Å²) < 4.78 is 4.96. The normalized spacial score (nSPS) is 25.4. The second-order valence-electron chi connectivity index (χ2n) is 4.79. The third-order valence-electron chi connectivity index (χ3n) is 3.41. The molecular weight excluding hydrogens is 204 g/mol. The zero-order chi connectivity index (χ0) is 12.0. The minimum absolute atomic E-state index is 0.234. The van der Waals surface area contributed by atoms with Crippen LogP contribution >= 0.6 is 0 Å². The number of hydrogen-bond acceptors (Lipinski definition) is 3. The van der Waals surface area contributed by atoms with Crippen LogP contribution in [0.25, 0.3) is 0 Å². The molecule has 0 spiro atoms. The summed E-state index contributed by atoms with van der Waals surface area (Å²) in [7, 11) is 3.50. The maximum absolute atomic E-state index is 11.8. The maximum atomic E-state index is 11.8. The number of hydrogen-bond donors (Lipinski definition) is 1. The lowest BCUT2D eigenvalue weighted by Crippen LogP contribution is -2.33. The second kappa shape index (κ2) is 6.86. The number of carbonyl (C=O) groups excluding carboxylic acids is 1. The molecule has 94 valence electrons. The first-order chi connectivity index (χ1) is 7.63. The van der Waals surface area contributed by atoms with Crippen molar-refractivity contribution in [1.29, 1.82) is 0 Å². The number of nitrogens with zero attached hydrogens (tertiary/aromatic N) is 1. The Hall–Kier alpha value is -0.610. The average Bonchev–Trinajstić information content (AvgIpc) is 2.29. The lowest BCUT2D eigenvalue weighted by Gasteiger charge is -2.27. The van der Waals surface area contributed by atoms with Crippen molar-refractivity contribution in [2.24, 2.45) is 11.7 Å². The van der Waals surface area contributed by atoms with Crippen LogP contribution in [0.4, 0.5) is 0 Å². The predicted molar refractivity (Wildman–Crippen MR) is 64.1 cm³/mol. The number of methoxy groups -OCH3 is 1. The van der Waals surface area contributed by atoms with Gasteiger partial charge in [0, 0.05) is 33.2 Å². The first-order valence-corrected chi connectivity index (χ1v) is 6.12. The molecule has 0 aromatic carbocycles. The summed E-state index contributed by atoms with van der Waals surface area (Å²) in [6.07, 6.45) is 5.02. The van der Waals surface area contributed by atoms with Gasteiger partial charge in [-0.25, -0.2) is 0 Å². The van der Waals surface area contributed by atoms with E-state index >= 15 is 0 Å². The Labute approximate surface area is 98.1 Å². The van der Waals surface area contributed by atoms with Crippen LogP contribution in [-0.2, 0) is 9.53 Å². The molecule has 1 aliphatic rings. The van der Waals surface area contributed by atoms with E-state index in [1.807, 2.05) is 7.05 Å². The zero-order valence-electron chi connectivity index (χ0n) is 10.4. The van der Waals surface area contributed by atoms with Crippen LogP contribution in [0.3, 0.4) is 0 Å². The molecule has 1 saturated carbocycles. The van der Waals surface area contributed by atoms with Gasteiger partial charge in [0.15, 0.2) is 0 Å². The smallest absolute Gasteiger partial charge is 0.222 e. The summed E-state index contributed by atoms with van der Waals surface area (Å²) in [5.74, 6) is 0.773. The van der Waals surface area contributed by atoms with Crippen molar-refractivity contribution >= 4 is 5.91 Å². The Morgan fingerprint density at radius 3 is 2.56 bits per heavy atom. The molecule has 1 aliphatic carbocycles. The highest BCUT2D eigenvalue weighted by atomic mass is 16.5. The molecule has 0 aromatic rings. The third-order valence-corrected chi connectivity index (χ3v) is 3.41. The largest absolute Gasteiger partial charge is 0.383 e. The molecule has 0 aromatic heterocycles. The number of likely N-dealkylation sites (N-methyl/N-ethyl adjacent to an activating group) is 1.